The molecule has 6 aromatic rings. The lowest BCUT2D eigenvalue weighted by Gasteiger charge is -2.19. The fourth-order valence-corrected chi connectivity index (χ4v) is 6.66. The van der Waals surface area contributed by atoms with Crippen LogP contribution in [0.5, 0.6) is 0 Å². The summed E-state index contributed by atoms with van der Waals surface area (Å²) >= 11 is 0. The molecular formula is C44H42N2. The summed E-state index contributed by atoms with van der Waals surface area (Å²) in [6.45, 7) is 10.0. The Bertz CT molecular complexity index is 2130. The van der Waals surface area contributed by atoms with Crippen LogP contribution in [0, 0.1) is 0 Å². The quantitative estimate of drug-likeness (QED) is 0.200. The average molecular weight is 599 g/mol. The fourth-order valence-electron chi connectivity index (χ4n) is 6.66. The van der Waals surface area contributed by atoms with Crippen molar-refractivity contribution in [1.29, 1.82) is 0 Å². The SMILES string of the molecule is C/C=C\C=C/C1N/C=C\C=C/c2cc(-c3ccc4c(c3)c3cccc5c3n4-c3ccccc3-c3ccccc3-5)ccc21.CC.CC. The van der Waals surface area contributed by atoms with Crippen LogP contribution in [0.15, 0.2) is 146 Å². The monoisotopic (exact) mass is 598 g/mol. The summed E-state index contributed by atoms with van der Waals surface area (Å²) in [4.78, 5) is 0. The minimum Gasteiger partial charge on any atom is -0.381 e. The van der Waals surface area contributed by atoms with E-state index in [1.54, 1.807) is 0 Å². The Morgan fingerprint density at radius 3 is 2.13 bits per heavy atom. The highest BCUT2D eigenvalue weighted by Gasteiger charge is 2.24. The van der Waals surface area contributed by atoms with E-state index in [9.17, 15) is 0 Å². The number of aromatic nitrogens is 1. The second-order valence-electron chi connectivity index (χ2n) is 10.9. The summed E-state index contributed by atoms with van der Waals surface area (Å²) in [5, 5.41) is 6.08. The van der Waals surface area contributed by atoms with E-state index in [2.05, 4.69) is 156 Å². The van der Waals surface area contributed by atoms with E-state index in [1.807, 2.05) is 40.8 Å². The summed E-state index contributed by atoms with van der Waals surface area (Å²) in [5.41, 5.74) is 13.8. The van der Waals surface area contributed by atoms with Crippen molar-refractivity contribution < 1.29 is 0 Å². The van der Waals surface area contributed by atoms with Crippen molar-refractivity contribution in [3.63, 3.8) is 0 Å². The van der Waals surface area contributed by atoms with E-state index in [0.29, 0.717) is 0 Å². The largest absolute Gasteiger partial charge is 0.381 e. The van der Waals surface area contributed by atoms with Crippen LogP contribution in [0.4, 0.5) is 0 Å². The molecule has 46 heavy (non-hydrogen) atoms. The minimum absolute atomic E-state index is 0.110. The molecule has 0 amide bonds. The molecule has 2 aliphatic heterocycles. The zero-order valence-electron chi connectivity index (χ0n) is 27.5. The fraction of sp³-hybridized carbons (Fsp3) is 0.136. The van der Waals surface area contributed by atoms with Gasteiger partial charge in [-0.25, -0.2) is 0 Å². The maximum absolute atomic E-state index is 3.53. The van der Waals surface area contributed by atoms with Crippen molar-refractivity contribution in [1.82, 2.24) is 9.88 Å². The number of allylic oxidation sites excluding steroid dienone is 5. The predicted octanol–water partition coefficient (Wildman–Crippen LogP) is 12.5. The third-order valence-corrected chi connectivity index (χ3v) is 8.56. The molecule has 0 fully saturated rings. The van der Waals surface area contributed by atoms with Crippen molar-refractivity contribution >= 4 is 27.9 Å². The lowest BCUT2D eigenvalue weighted by Crippen LogP contribution is -2.15. The summed E-state index contributed by atoms with van der Waals surface area (Å²) in [7, 11) is 0. The number of hydrogen-bond donors (Lipinski definition) is 1. The van der Waals surface area contributed by atoms with Crippen LogP contribution in [0.25, 0.3) is 66.9 Å². The van der Waals surface area contributed by atoms with Gasteiger partial charge in [-0.05, 0) is 76.8 Å². The molecule has 1 atom stereocenters. The van der Waals surface area contributed by atoms with Gasteiger partial charge in [0.1, 0.15) is 0 Å². The van der Waals surface area contributed by atoms with Crippen LogP contribution < -0.4 is 5.32 Å². The zero-order chi connectivity index (χ0) is 32.0. The average Bonchev–Trinajstić information content (AvgIpc) is 3.38. The van der Waals surface area contributed by atoms with Gasteiger partial charge >= 0.3 is 0 Å². The molecule has 228 valence electrons. The number of nitrogens with one attached hydrogen (secondary N) is 1. The van der Waals surface area contributed by atoms with Crippen LogP contribution >= 0.6 is 0 Å². The lowest BCUT2D eigenvalue weighted by molar-refractivity contribution is 0.752. The molecule has 0 aliphatic carbocycles. The van der Waals surface area contributed by atoms with Crippen LogP contribution in [0.3, 0.4) is 0 Å². The van der Waals surface area contributed by atoms with Crippen LogP contribution in [-0.2, 0) is 0 Å². The summed E-state index contributed by atoms with van der Waals surface area (Å²) < 4.78 is 2.47. The Balaban J connectivity index is 0.000000896. The maximum atomic E-state index is 3.53. The van der Waals surface area contributed by atoms with Crippen molar-refractivity contribution in [3.05, 3.63) is 157 Å². The Hall–Kier alpha value is -5.34. The maximum Gasteiger partial charge on any atom is 0.0701 e. The first-order chi connectivity index (χ1) is 22.8. The normalized spacial score (nSPS) is 15.6. The van der Waals surface area contributed by atoms with Crippen molar-refractivity contribution in [2.24, 2.45) is 0 Å². The van der Waals surface area contributed by atoms with Gasteiger partial charge in [-0.2, -0.15) is 0 Å². The Labute approximate surface area is 273 Å². The molecule has 0 bridgehead atoms. The number of para-hydroxylation sites is 2. The standard InChI is InChI=1S/C40H30N2.2C2H6/c1-2-3-4-18-37-30-22-20-27(25-29(30)12-9-10-24-41-37)28-21-23-39-36(26-28)35-17-11-16-34-32-14-6-5-13-31(32)33-15-7-8-19-38(33)42(39)40(34)35;2*1-2/h2-26,37,41H,1H3;2*1-2H3/b3-2-,12-9-,18-4-,24-10-;;. The molecule has 5 aromatic carbocycles. The molecule has 2 aliphatic rings. The van der Waals surface area contributed by atoms with E-state index in [0.717, 1.165) is 0 Å². The molecule has 0 radical (unpaired) electrons. The molecule has 1 unspecified atom stereocenters. The van der Waals surface area contributed by atoms with Gasteiger partial charge in [0.25, 0.3) is 0 Å². The highest BCUT2D eigenvalue weighted by atomic mass is 15.0. The third kappa shape index (κ3) is 5.31. The van der Waals surface area contributed by atoms with Gasteiger partial charge in [-0.3, -0.25) is 0 Å². The van der Waals surface area contributed by atoms with Gasteiger partial charge in [0, 0.05) is 21.9 Å². The van der Waals surface area contributed by atoms with Crippen molar-refractivity contribution in [2.45, 2.75) is 40.7 Å². The van der Waals surface area contributed by atoms with E-state index in [4.69, 9.17) is 0 Å². The van der Waals surface area contributed by atoms with E-state index >= 15 is 0 Å². The molecule has 8 rings (SSSR count). The first-order valence-corrected chi connectivity index (χ1v) is 16.6. The van der Waals surface area contributed by atoms with Crippen LogP contribution in [0.1, 0.15) is 51.8 Å². The Morgan fingerprint density at radius 1 is 0.630 bits per heavy atom. The van der Waals surface area contributed by atoms with Crippen LogP contribution in [0.2, 0.25) is 0 Å². The molecule has 2 heteroatoms. The molecular weight excluding hydrogens is 556 g/mol. The minimum atomic E-state index is 0.110. The number of hydrogen-bond acceptors (Lipinski definition) is 1. The van der Waals surface area contributed by atoms with Gasteiger partial charge in [-0.15, -0.1) is 0 Å². The number of rotatable bonds is 3. The molecule has 1 N–H and O–H groups in total. The molecule has 1 aromatic heterocycles. The number of fused-ring (bicyclic) bond motifs is 9. The van der Waals surface area contributed by atoms with Crippen molar-refractivity contribution in [2.75, 3.05) is 0 Å². The molecule has 0 saturated heterocycles. The lowest BCUT2D eigenvalue weighted by atomic mass is 9.92. The Morgan fingerprint density at radius 2 is 1.33 bits per heavy atom. The first kappa shape index (κ1) is 30.7. The summed E-state index contributed by atoms with van der Waals surface area (Å²) in [6, 6.07) is 38.3. The summed E-state index contributed by atoms with van der Waals surface area (Å²) in [5.74, 6) is 0. The molecule has 0 spiro atoms. The second-order valence-corrected chi connectivity index (χ2v) is 10.9. The molecule has 3 heterocycles. The Kier molecular flexibility index (Phi) is 9.17. The van der Waals surface area contributed by atoms with Gasteiger partial charge < -0.3 is 9.88 Å². The zero-order valence-corrected chi connectivity index (χ0v) is 27.5. The van der Waals surface area contributed by atoms with E-state index < -0.39 is 0 Å². The number of benzene rings is 5. The third-order valence-electron chi connectivity index (χ3n) is 8.56. The van der Waals surface area contributed by atoms with Gasteiger partial charge in [-0.1, -0.05) is 143 Å². The highest BCUT2D eigenvalue weighted by molar-refractivity contribution is 6.17. The first-order valence-electron chi connectivity index (χ1n) is 16.6. The smallest absolute Gasteiger partial charge is 0.0701 e. The van der Waals surface area contributed by atoms with Crippen LogP contribution in [-0.4, -0.2) is 4.57 Å². The molecule has 0 saturated carbocycles. The predicted molar refractivity (Wildman–Crippen MR) is 201 cm³/mol. The van der Waals surface area contributed by atoms with Gasteiger partial charge in [0.2, 0.25) is 0 Å². The topological polar surface area (TPSA) is 17.0 Å². The van der Waals surface area contributed by atoms with Gasteiger partial charge in [0.05, 0.1) is 22.8 Å². The van der Waals surface area contributed by atoms with E-state index in [-0.39, 0.29) is 6.04 Å². The molecule has 2 nitrogen and oxygen atoms in total. The number of nitrogens with zero attached hydrogens (tertiary/aromatic N) is 1. The van der Waals surface area contributed by atoms with Crippen molar-refractivity contribution in [3.8, 4) is 39.1 Å². The van der Waals surface area contributed by atoms with Gasteiger partial charge in [0.15, 0.2) is 0 Å². The second kappa shape index (κ2) is 13.7. The summed E-state index contributed by atoms with van der Waals surface area (Å²) in [6.07, 6.45) is 16.8. The van der Waals surface area contributed by atoms with E-state index in [1.165, 1.54) is 72.0 Å². The highest BCUT2D eigenvalue weighted by Crippen LogP contribution is 2.47.